The lowest BCUT2D eigenvalue weighted by molar-refractivity contribution is 0.572. The summed E-state index contributed by atoms with van der Waals surface area (Å²) in [5.74, 6) is 2.39. The Kier molecular flexibility index (Phi) is 4.95. The SMILES string of the molecule is CN=C(NCCC1CC1)NCc1coc(-c2ccc(C)cc2)n1. The molecule has 1 saturated carbocycles. The Hall–Kier alpha value is -2.30. The lowest BCUT2D eigenvalue weighted by Gasteiger charge is -2.10. The van der Waals surface area contributed by atoms with E-state index in [0.717, 1.165) is 29.7 Å². The van der Waals surface area contributed by atoms with Crippen LogP contribution in [0.2, 0.25) is 0 Å². The van der Waals surface area contributed by atoms with E-state index in [-0.39, 0.29) is 0 Å². The first kappa shape index (κ1) is 15.6. The number of guanidine groups is 1. The molecule has 0 atom stereocenters. The highest BCUT2D eigenvalue weighted by atomic mass is 16.3. The first-order valence-corrected chi connectivity index (χ1v) is 8.20. The molecule has 122 valence electrons. The number of aryl methyl sites for hydroxylation is 1. The van der Waals surface area contributed by atoms with E-state index in [2.05, 4.69) is 39.7 Å². The Morgan fingerprint density at radius 3 is 2.74 bits per heavy atom. The van der Waals surface area contributed by atoms with Crippen LogP contribution in [0.4, 0.5) is 0 Å². The van der Waals surface area contributed by atoms with Gasteiger partial charge in [-0.3, -0.25) is 4.99 Å². The van der Waals surface area contributed by atoms with Crippen LogP contribution in [0.5, 0.6) is 0 Å². The second kappa shape index (κ2) is 7.31. The predicted octanol–water partition coefficient (Wildman–Crippen LogP) is 3.12. The fraction of sp³-hybridized carbons (Fsp3) is 0.444. The van der Waals surface area contributed by atoms with Crippen molar-refractivity contribution in [2.45, 2.75) is 32.7 Å². The van der Waals surface area contributed by atoms with Gasteiger partial charge in [-0.1, -0.05) is 30.5 Å². The molecule has 0 amide bonds. The Labute approximate surface area is 137 Å². The molecule has 1 aliphatic rings. The van der Waals surface area contributed by atoms with Gasteiger partial charge in [0.15, 0.2) is 5.96 Å². The Morgan fingerprint density at radius 2 is 2.04 bits per heavy atom. The van der Waals surface area contributed by atoms with Gasteiger partial charge in [0.25, 0.3) is 0 Å². The number of aliphatic imine (C=N–C) groups is 1. The van der Waals surface area contributed by atoms with Crippen LogP contribution in [0.15, 0.2) is 39.9 Å². The van der Waals surface area contributed by atoms with Gasteiger partial charge in [-0.05, 0) is 31.4 Å². The standard InChI is InChI=1S/C18H24N4O/c1-13-3-7-15(8-4-13)17-22-16(12-23-17)11-21-18(19-2)20-10-9-14-5-6-14/h3-4,7-8,12,14H,5-6,9-11H2,1-2H3,(H2,19,20,21). The maximum Gasteiger partial charge on any atom is 0.226 e. The number of hydrogen-bond acceptors (Lipinski definition) is 3. The van der Waals surface area contributed by atoms with E-state index in [1.807, 2.05) is 12.1 Å². The number of nitrogens with zero attached hydrogens (tertiary/aromatic N) is 2. The monoisotopic (exact) mass is 312 g/mol. The molecule has 0 bridgehead atoms. The molecular weight excluding hydrogens is 288 g/mol. The van der Waals surface area contributed by atoms with Gasteiger partial charge in [-0.15, -0.1) is 0 Å². The molecule has 23 heavy (non-hydrogen) atoms. The third kappa shape index (κ3) is 4.58. The zero-order valence-electron chi connectivity index (χ0n) is 13.8. The molecule has 1 aromatic heterocycles. The quantitative estimate of drug-likeness (QED) is 0.635. The molecule has 0 spiro atoms. The molecule has 2 aromatic rings. The van der Waals surface area contributed by atoms with E-state index in [0.29, 0.717) is 12.4 Å². The zero-order chi connectivity index (χ0) is 16.1. The molecule has 1 aromatic carbocycles. The van der Waals surface area contributed by atoms with Crippen molar-refractivity contribution in [3.8, 4) is 11.5 Å². The molecule has 3 rings (SSSR count). The second-order valence-corrected chi connectivity index (χ2v) is 6.09. The predicted molar refractivity (Wildman–Crippen MR) is 92.2 cm³/mol. The summed E-state index contributed by atoms with van der Waals surface area (Å²) in [5, 5.41) is 6.61. The minimum absolute atomic E-state index is 0.596. The van der Waals surface area contributed by atoms with Crippen LogP contribution in [0, 0.1) is 12.8 Å². The highest BCUT2D eigenvalue weighted by Gasteiger charge is 2.20. The molecule has 5 nitrogen and oxygen atoms in total. The first-order valence-electron chi connectivity index (χ1n) is 8.20. The summed E-state index contributed by atoms with van der Waals surface area (Å²) in [4.78, 5) is 8.75. The zero-order valence-corrected chi connectivity index (χ0v) is 13.8. The summed E-state index contributed by atoms with van der Waals surface area (Å²) >= 11 is 0. The summed E-state index contributed by atoms with van der Waals surface area (Å²) in [5.41, 5.74) is 3.09. The lowest BCUT2D eigenvalue weighted by atomic mass is 10.1. The van der Waals surface area contributed by atoms with Crippen LogP contribution in [0.25, 0.3) is 11.5 Å². The minimum Gasteiger partial charge on any atom is -0.444 e. The topological polar surface area (TPSA) is 62.5 Å². The van der Waals surface area contributed by atoms with Gasteiger partial charge >= 0.3 is 0 Å². The number of benzene rings is 1. The van der Waals surface area contributed by atoms with Crippen molar-refractivity contribution in [1.82, 2.24) is 15.6 Å². The maximum atomic E-state index is 5.57. The van der Waals surface area contributed by atoms with Gasteiger partial charge < -0.3 is 15.1 Å². The van der Waals surface area contributed by atoms with Crippen molar-refractivity contribution in [1.29, 1.82) is 0 Å². The Balaban J connectivity index is 1.50. The van der Waals surface area contributed by atoms with Crippen molar-refractivity contribution in [3.05, 3.63) is 41.8 Å². The normalized spacial score (nSPS) is 14.8. The van der Waals surface area contributed by atoms with Crippen LogP contribution in [-0.4, -0.2) is 24.5 Å². The number of oxazole rings is 1. The summed E-state index contributed by atoms with van der Waals surface area (Å²) in [6.45, 7) is 3.63. The average Bonchev–Trinajstić information content (AvgIpc) is 3.27. The fourth-order valence-corrected chi connectivity index (χ4v) is 2.41. The molecule has 1 heterocycles. The molecule has 5 heteroatoms. The molecule has 1 aliphatic carbocycles. The highest BCUT2D eigenvalue weighted by molar-refractivity contribution is 5.79. The minimum atomic E-state index is 0.596. The highest BCUT2D eigenvalue weighted by Crippen LogP contribution is 2.31. The third-order valence-electron chi connectivity index (χ3n) is 4.05. The van der Waals surface area contributed by atoms with Gasteiger partial charge in [0.1, 0.15) is 6.26 Å². The van der Waals surface area contributed by atoms with Gasteiger partial charge in [0.05, 0.1) is 12.2 Å². The van der Waals surface area contributed by atoms with Crippen LogP contribution in [0.3, 0.4) is 0 Å². The van der Waals surface area contributed by atoms with Gasteiger partial charge in [0, 0.05) is 19.2 Å². The number of rotatable bonds is 6. The first-order chi connectivity index (χ1) is 11.2. The van der Waals surface area contributed by atoms with Crippen LogP contribution < -0.4 is 10.6 Å². The molecular formula is C18H24N4O. The van der Waals surface area contributed by atoms with E-state index in [4.69, 9.17) is 4.42 Å². The van der Waals surface area contributed by atoms with Crippen LogP contribution in [0.1, 0.15) is 30.5 Å². The van der Waals surface area contributed by atoms with Crippen LogP contribution in [-0.2, 0) is 6.54 Å². The Morgan fingerprint density at radius 1 is 1.26 bits per heavy atom. The van der Waals surface area contributed by atoms with Crippen molar-refractivity contribution in [2.75, 3.05) is 13.6 Å². The average molecular weight is 312 g/mol. The fourth-order valence-electron chi connectivity index (χ4n) is 2.41. The molecule has 0 aliphatic heterocycles. The van der Waals surface area contributed by atoms with Gasteiger partial charge in [-0.2, -0.15) is 0 Å². The van der Waals surface area contributed by atoms with Crippen molar-refractivity contribution >= 4 is 5.96 Å². The number of hydrogen-bond donors (Lipinski definition) is 2. The molecule has 2 N–H and O–H groups in total. The summed E-state index contributed by atoms with van der Waals surface area (Å²) in [6, 6.07) is 8.17. The maximum absolute atomic E-state index is 5.57. The van der Waals surface area contributed by atoms with Crippen molar-refractivity contribution in [2.24, 2.45) is 10.9 Å². The van der Waals surface area contributed by atoms with Crippen molar-refractivity contribution < 1.29 is 4.42 Å². The lowest BCUT2D eigenvalue weighted by Crippen LogP contribution is -2.37. The number of aromatic nitrogens is 1. The van der Waals surface area contributed by atoms with Crippen molar-refractivity contribution in [3.63, 3.8) is 0 Å². The van der Waals surface area contributed by atoms with E-state index in [9.17, 15) is 0 Å². The van der Waals surface area contributed by atoms with E-state index in [1.54, 1.807) is 13.3 Å². The number of nitrogens with one attached hydrogen (secondary N) is 2. The molecule has 0 radical (unpaired) electrons. The molecule has 0 saturated heterocycles. The summed E-state index contributed by atoms with van der Waals surface area (Å²) in [7, 11) is 1.78. The van der Waals surface area contributed by atoms with E-state index >= 15 is 0 Å². The summed E-state index contributed by atoms with van der Waals surface area (Å²) in [6.07, 6.45) is 5.69. The smallest absolute Gasteiger partial charge is 0.226 e. The second-order valence-electron chi connectivity index (χ2n) is 6.09. The van der Waals surface area contributed by atoms with Gasteiger partial charge in [-0.25, -0.2) is 4.98 Å². The largest absolute Gasteiger partial charge is 0.444 e. The van der Waals surface area contributed by atoms with Gasteiger partial charge in [0.2, 0.25) is 5.89 Å². The van der Waals surface area contributed by atoms with E-state index < -0.39 is 0 Å². The molecule has 0 unspecified atom stereocenters. The summed E-state index contributed by atoms with van der Waals surface area (Å²) < 4.78 is 5.57. The molecule has 1 fully saturated rings. The van der Waals surface area contributed by atoms with E-state index in [1.165, 1.54) is 24.8 Å². The third-order valence-corrected chi connectivity index (χ3v) is 4.05. The van der Waals surface area contributed by atoms with Crippen LogP contribution >= 0.6 is 0 Å². The Bertz CT molecular complexity index is 656.